The lowest BCUT2D eigenvalue weighted by Crippen LogP contribution is -2.42. The van der Waals surface area contributed by atoms with Gasteiger partial charge in [-0.3, -0.25) is 9.59 Å². The first-order valence-electron chi connectivity index (χ1n) is 7.04. The van der Waals surface area contributed by atoms with Gasteiger partial charge in [0.05, 0.1) is 6.42 Å². The maximum absolute atomic E-state index is 12.4. The molecular weight excluding hydrogens is 230 g/mol. The second-order valence-corrected chi connectivity index (χ2v) is 5.46. The first-order valence-corrected chi connectivity index (χ1v) is 7.04. The van der Waals surface area contributed by atoms with Gasteiger partial charge in [-0.1, -0.05) is 25.7 Å². The molecule has 0 heterocycles. The molecule has 104 valence electrons. The summed E-state index contributed by atoms with van der Waals surface area (Å²) in [7, 11) is 0. The van der Waals surface area contributed by atoms with Crippen molar-refractivity contribution in [1.29, 1.82) is 0 Å². The van der Waals surface area contributed by atoms with Crippen LogP contribution in [0.15, 0.2) is 0 Å². The third-order valence-corrected chi connectivity index (χ3v) is 3.68. The molecule has 1 saturated carbocycles. The molecule has 0 aromatic rings. The molecule has 1 rings (SSSR count). The first kappa shape index (κ1) is 15.0. The molecule has 1 aliphatic carbocycles. The van der Waals surface area contributed by atoms with E-state index < -0.39 is 5.97 Å². The molecule has 0 spiro atoms. The van der Waals surface area contributed by atoms with Crippen LogP contribution in [0.25, 0.3) is 0 Å². The minimum Gasteiger partial charge on any atom is -0.481 e. The Balaban J connectivity index is 2.59. The second-order valence-electron chi connectivity index (χ2n) is 5.46. The third kappa shape index (κ3) is 4.67. The highest BCUT2D eigenvalue weighted by Crippen LogP contribution is 2.25. The maximum Gasteiger partial charge on any atom is 0.305 e. The molecule has 0 atom stereocenters. The van der Waals surface area contributed by atoms with E-state index in [2.05, 4.69) is 0 Å². The summed E-state index contributed by atoms with van der Waals surface area (Å²) in [6.07, 6.45) is 6.67. The zero-order valence-electron chi connectivity index (χ0n) is 11.5. The van der Waals surface area contributed by atoms with Crippen LogP contribution in [-0.4, -0.2) is 34.5 Å². The molecule has 0 bridgehead atoms. The standard InChI is InChI=1S/C14H25NO3/c1-11(2)15(10-9-13(16)17)14(18)12-7-5-3-4-6-8-12/h11-12H,3-10H2,1-2H3,(H,16,17). The van der Waals surface area contributed by atoms with Crippen LogP contribution in [0.2, 0.25) is 0 Å². The topological polar surface area (TPSA) is 57.6 Å². The number of carboxylic acids is 1. The Hall–Kier alpha value is -1.06. The Morgan fingerprint density at radius 1 is 1.17 bits per heavy atom. The van der Waals surface area contributed by atoms with Crippen molar-refractivity contribution in [3.63, 3.8) is 0 Å². The summed E-state index contributed by atoms with van der Waals surface area (Å²) < 4.78 is 0. The van der Waals surface area contributed by atoms with E-state index in [1.165, 1.54) is 12.8 Å². The Labute approximate surface area is 109 Å². The SMILES string of the molecule is CC(C)N(CCC(=O)O)C(=O)C1CCCCCC1. The second kappa shape index (κ2) is 7.39. The average molecular weight is 255 g/mol. The molecule has 18 heavy (non-hydrogen) atoms. The van der Waals surface area contributed by atoms with E-state index in [1.54, 1.807) is 4.90 Å². The highest BCUT2D eigenvalue weighted by molar-refractivity contribution is 5.79. The smallest absolute Gasteiger partial charge is 0.305 e. The van der Waals surface area contributed by atoms with Crippen LogP contribution in [-0.2, 0) is 9.59 Å². The van der Waals surface area contributed by atoms with E-state index in [-0.39, 0.29) is 24.3 Å². The van der Waals surface area contributed by atoms with Gasteiger partial charge in [0.1, 0.15) is 0 Å². The van der Waals surface area contributed by atoms with Crippen molar-refractivity contribution in [3.8, 4) is 0 Å². The van der Waals surface area contributed by atoms with Crippen LogP contribution in [0.3, 0.4) is 0 Å². The number of rotatable bonds is 5. The van der Waals surface area contributed by atoms with Crippen LogP contribution in [0.4, 0.5) is 0 Å². The summed E-state index contributed by atoms with van der Waals surface area (Å²) in [5.74, 6) is -0.564. The molecule has 1 amide bonds. The molecule has 1 fully saturated rings. The average Bonchev–Trinajstić information content (AvgIpc) is 2.56. The van der Waals surface area contributed by atoms with Gasteiger partial charge in [-0.2, -0.15) is 0 Å². The number of hydrogen-bond acceptors (Lipinski definition) is 2. The van der Waals surface area contributed by atoms with Crippen molar-refractivity contribution in [3.05, 3.63) is 0 Å². The lowest BCUT2D eigenvalue weighted by atomic mass is 9.98. The van der Waals surface area contributed by atoms with Crippen molar-refractivity contribution in [2.45, 2.75) is 64.8 Å². The van der Waals surface area contributed by atoms with Gasteiger partial charge in [0, 0.05) is 18.5 Å². The summed E-state index contributed by atoms with van der Waals surface area (Å²) in [4.78, 5) is 24.8. The number of carboxylic acid groups (broad SMARTS) is 1. The molecular formula is C14H25NO3. The Morgan fingerprint density at radius 3 is 2.17 bits per heavy atom. The van der Waals surface area contributed by atoms with E-state index in [4.69, 9.17) is 5.11 Å². The van der Waals surface area contributed by atoms with Crippen LogP contribution in [0, 0.1) is 5.92 Å². The number of amides is 1. The van der Waals surface area contributed by atoms with E-state index in [0.717, 1.165) is 25.7 Å². The van der Waals surface area contributed by atoms with Gasteiger partial charge >= 0.3 is 5.97 Å². The highest BCUT2D eigenvalue weighted by Gasteiger charge is 2.26. The molecule has 0 radical (unpaired) electrons. The van der Waals surface area contributed by atoms with Crippen molar-refractivity contribution >= 4 is 11.9 Å². The fraction of sp³-hybridized carbons (Fsp3) is 0.857. The molecule has 0 aromatic heterocycles. The van der Waals surface area contributed by atoms with Crippen LogP contribution < -0.4 is 0 Å². The summed E-state index contributed by atoms with van der Waals surface area (Å²) >= 11 is 0. The van der Waals surface area contributed by atoms with E-state index >= 15 is 0 Å². The molecule has 1 N–H and O–H groups in total. The van der Waals surface area contributed by atoms with Crippen molar-refractivity contribution in [2.75, 3.05) is 6.54 Å². The minimum absolute atomic E-state index is 0.0383. The number of carbonyl (C=O) groups excluding carboxylic acids is 1. The van der Waals surface area contributed by atoms with Crippen molar-refractivity contribution < 1.29 is 14.7 Å². The summed E-state index contributed by atoms with van der Waals surface area (Å²) in [5, 5.41) is 8.74. The fourth-order valence-electron chi connectivity index (χ4n) is 2.60. The quantitative estimate of drug-likeness (QED) is 0.768. The largest absolute Gasteiger partial charge is 0.481 e. The van der Waals surface area contributed by atoms with Crippen LogP contribution in [0.1, 0.15) is 58.8 Å². The van der Waals surface area contributed by atoms with Gasteiger partial charge in [0.2, 0.25) is 5.91 Å². The number of carbonyl (C=O) groups is 2. The molecule has 4 heteroatoms. The van der Waals surface area contributed by atoms with Gasteiger partial charge in [-0.05, 0) is 26.7 Å². The van der Waals surface area contributed by atoms with E-state index in [9.17, 15) is 9.59 Å². The van der Waals surface area contributed by atoms with E-state index in [0.29, 0.717) is 6.54 Å². The number of aliphatic carboxylic acids is 1. The van der Waals surface area contributed by atoms with Gasteiger partial charge in [0.25, 0.3) is 0 Å². The lowest BCUT2D eigenvalue weighted by molar-refractivity contribution is -0.141. The van der Waals surface area contributed by atoms with Crippen LogP contribution in [0.5, 0.6) is 0 Å². The van der Waals surface area contributed by atoms with Gasteiger partial charge in [0.15, 0.2) is 0 Å². The molecule has 0 saturated heterocycles. The fourth-order valence-corrected chi connectivity index (χ4v) is 2.60. The normalized spacial score (nSPS) is 17.5. The monoisotopic (exact) mass is 255 g/mol. The third-order valence-electron chi connectivity index (χ3n) is 3.68. The molecule has 4 nitrogen and oxygen atoms in total. The lowest BCUT2D eigenvalue weighted by Gasteiger charge is -2.30. The maximum atomic E-state index is 12.4. The minimum atomic E-state index is -0.839. The van der Waals surface area contributed by atoms with Gasteiger partial charge < -0.3 is 10.0 Å². The first-order chi connectivity index (χ1) is 8.52. The number of hydrogen-bond donors (Lipinski definition) is 1. The van der Waals surface area contributed by atoms with Crippen LogP contribution >= 0.6 is 0 Å². The summed E-state index contributed by atoms with van der Waals surface area (Å²) in [6, 6.07) is 0.0834. The van der Waals surface area contributed by atoms with E-state index in [1.807, 2.05) is 13.8 Å². The summed E-state index contributed by atoms with van der Waals surface area (Å²) in [5.41, 5.74) is 0. The Morgan fingerprint density at radius 2 is 1.72 bits per heavy atom. The molecule has 1 aliphatic rings. The molecule has 0 aromatic carbocycles. The highest BCUT2D eigenvalue weighted by atomic mass is 16.4. The predicted octanol–water partition coefficient (Wildman–Crippen LogP) is 2.67. The molecule has 0 unspecified atom stereocenters. The van der Waals surface area contributed by atoms with Gasteiger partial charge in [-0.15, -0.1) is 0 Å². The number of nitrogens with zero attached hydrogens (tertiary/aromatic N) is 1. The zero-order valence-corrected chi connectivity index (χ0v) is 11.5. The zero-order chi connectivity index (χ0) is 13.5. The predicted molar refractivity (Wildman–Crippen MR) is 70.3 cm³/mol. The Kier molecular flexibility index (Phi) is 6.16. The van der Waals surface area contributed by atoms with Crippen molar-refractivity contribution in [1.82, 2.24) is 4.90 Å². The molecule has 0 aliphatic heterocycles. The summed E-state index contributed by atoms with van der Waals surface area (Å²) in [6.45, 7) is 4.25. The Bertz CT molecular complexity index is 281. The van der Waals surface area contributed by atoms with Crippen molar-refractivity contribution in [2.24, 2.45) is 5.92 Å². The van der Waals surface area contributed by atoms with Gasteiger partial charge in [-0.25, -0.2) is 0 Å².